The summed E-state index contributed by atoms with van der Waals surface area (Å²) in [6.45, 7) is 5.70. The number of fused-ring (bicyclic) bond motifs is 1. The molecule has 0 unspecified atom stereocenters. The topological polar surface area (TPSA) is 69.1 Å². The maximum absolute atomic E-state index is 13.4. The number of hydrogen-bond donors (Lipinski definition) is 2. The Kier molecular flexibility index (Phi) is 5.98. The minimum atomic E-state index is -1.30. The summed E-state index contributed by atoms with van der Waals surface area (Å²) in [6, 6.07) is 4.08. The zero-order valence-electron chi connectivity index (χ0n) is 16.5. The van der Waals surface area contributed by atoms with Crippen LogP contribution in [-0.2, 0) is 31.3 Å². The number of hydrogen-bond acceptors (Lipinski definition) is 3. The maximum Gasteiger partial charge on any atom is 0.272 e. The molecular weight excluding hydrogens is 401 g/mol. The molecule has 1 aliphatic rings. The third-order valence-corrected chi connectivity index (χ3v) is 6.63. The fourth-order valence-corrected chi connectivity index (χ4v) is 4.29. The van der Waals surface area contributed by atoms with Crippen molar-refractivity contribution in [1.29, 1.82) is 0 Å². The van der Waals surface area contributed by atoms with Gasteiger partial charge in [0.05, 0.1) is 16.4 Å². The Morgan fingerprint density at radius 3 is 2.50 bits per heavy atom. The van der Waals surface area contributed by atoms with Gasteiger partial charge in [0.1, 0.15) is 16.3 Å². The van der Waals surface area contributed by atoms with E-state index in [9.17, 15) is 13.7 Å². The molecule has 28 heavy (non-hydrogen) atoms. The van der Waals surface area contributed by atoms with Crippen LogP contribution in [0.2, 0.25) is 5.02 Å². The molecule has 1 amide bonds. The van der Waals surface area contributed by atoms with E-state index in [1.807, 2.05) is 20.8 Å². The zero-order valence-corrected chi connectivity index (χ0v) is 18.1. The van der Waals surface area contributed by atoms with Gasteiger partial charge < -0.3 is 14.4 Å². The van der Waals surface area contributed by atoms with Gasteiger partial charge in [0.25, 0.3) is 5.91 Å². The largest absolute Gasteiger partial charge is 0.593 e. The van der Waals surface area contributed by atoms with Crippen LogP contribution < -0.4 is 10.0 Å². The molecule has 0 saturated carbocycles. The SMILES string of the molecule is Cn1c(N[S@@+]([O-])C(C)(C)C)c2c(c1C(=O)Nc1ccc(F)c(Cl)c1)CCCC2. The number of carbonyl (C=O) groups excluding carboxylic acids is 1. The minimum absolute atomic E-state index is 0.0466. The molecule has 3 rings (SSSR count). The van der Waals surface area contributed by atoms with Crippen LogP contribution >= 0.6 is 11.6 Å². The molecule has 2 N–H and O–H groups in total. The summed E-state index contributed by atoms with van der Waals surface area (Å²) in [7, 11) is 1.80. The van der Waals surface area contributed by atoms with E-state index in [-0.39, 0.29) is 10.9 Å². The summed E-state index contributed by atoms with van der Waals surface area (Å²) in [4.78, 5) is 13.0. The Morgan fingerprint density at radius 2 is 1.89 bits per heavy atom. The van der Waals surface area contributed by atoms with Crippen molar-refractivity contribution in [3.8, 4) is 0 Å². The monoisotopic (exact) mass is 425 g/mol. The van der Waals surface area contributed by atoms with Gasteiger partial charge >= 0.3 is 0 Å². The molecule has 0 bridgehead atoms. The van der Waals surface area contributed by atoms with E-state index in [1.54, 1.807) is 11.6 Å². The van der Waals surface area contributed by atoms with Gasteiger partial charge in [-0.25, -0.2) is 4.39 Å². The van der Waals surface area contributed by atoms with Crippen LogP contribution in [-0.4, -0.2) is 19.8 Å². The number of nitrogens with zero attached hydrogens (tertiary/aromatic N) is 1. The summed E-state index contributed by atoms with van der Waals surface area (Å²) >= 11 is 4.52. The van der Waals surface area contributed by atoms with Crippen LogP contribution in [0.25, 0.3) is 0 Å². The van der Waals surface area contributed by atoms with Gasteiger partial charge in [0, 0.05) is 18.3 Å². The van der Waals surface area contributed by atoms with Crippen LogP contribution in [0.1, 0.15) is 55.2 Å². The predicted molar refractivity (Wildman–Crippen MR) is 113 cm³/mol. The summed E-state index contributed by atoms with van der Waals surface area (Å²) in [5.41, 5.74) is 2.99. The van der Waals surface area contributed by atoms with E-state index in [1.165, 1.54) is 18.2 Å². The average molecular weight is 426 g/mol. The molecule has 1 atom stereocenters. The third kappa shape index (κ3) is 4.16. The van der Waals surface area contributed by atoms with Crippen molar-refractivity contribution in [3.63, 3.8) is 0 Å². The predicted octanol–water partition coefficient (Wildman–Crippen LogP) is 4.82. The number of rotatable bonds is 4. The van der Waals surface area contributed by atoms with Crippen LogP contribution in [0.4, 0.5) is 15.9 Å². The van der Waals surface area contributed by atoms with E-state index in [4.69, 9.17) is 11.6 Å². The second-order valence-corrected chi connectivity index (χ2v) is 10.4. The number of carbonyl (C=O) groups is 1. The van der Waals surface area contributed by atoms with Crippen molar-refractivity contribution < 1.29 is 13.7 Å². The number of anilines is 2. The molecule has 0 aliphatic heterocycles. The van der Waals surface area contributed by atoms with Crippen molar-refractivity contribution in [3.05, 3.63) is 45.9 Å². The zero-order chi connectivity index (χ0) is 20.6. The highest BCUT2D eigenvalue weighted by Crippen LogP contribution is 2.35. The summed E-state index contributed by atoms with van der Waals surface area (Å²) in [6.07, 6.45) is 3.66. The highest BCUT2D eigenvalue weighted by atomic mass is 35.5. The van der Waals surface area contributed by atoms with Crippen molar-refractivity contribution in [2.75, 3.05) is 10.0 Å². The number of halogens is 2. The molecule has 8 heteroatoms. The van der Waals surface area contributed by atoms with Crippen LogP contribution in [0.15, 0.2) is 18.2 Å². The number of nitrogens with one attached hydrogen (secondary N) is 2. The summed E-state index contributed by atoms with van der Waals surface area (Å²) in [5.74, 6) is -0.102. The smallest absolute Gasteiger partial charge is 0.272 e. The molecule has 1 aliphatic carbocycles. The Hall–Kier alpha value is -1.70. The van der Waals surface area contributed by atoms with E-state index >= 15 is 0 Å². The average Bonchev–Trinajstić information content (AvgIpc) is 2.89. The Balaban J connectivity index is 1.96. The van der Waals surface area contributed by atoms with Gasteiger partial charge in [-0.05, 0) is 70.2 Å². The normalized spacial score (nSPS) is 15.1. The van der Waals surface area contributed by atoms with Gasteiger partial charge in [0.2, 0.25) is 0 Å². The molecular formula is C20H25ClFN3O2S. The standard InChI is InChI=1S/C20H25ClFN3O2S/c1-20(2,3)28(27)24-18-14-8-6-5-7-13(14)17(25(18)4)19(26)23-12-9-10-16(22)15(21)11-12/h9-11,24H,5-8H2,1-4H3,(H,23,26)/t28-/m0/s1. The van der Waals surface area contributed by atoms with Crippen LogP contribution in [0.3, 0.4) is 0 Å². The summed E-state index contributed by atoms with van der Waals surface area (Å²) < 4.78 is 30.5. The lowest BCUT2D eigenvalue weighted by Gasteiger charge is -2.25. The number of benzene rings is 1. The second kappa shape index (κ2) is 7.97. The maximum atomic E-state index is 13.4. The molecule has 1 aromatic heterocycles. The Bertz CT molecular complexity index is 908. The lowest BCUT2D eigenvalue weighted by Crippen LogP contribution is -2.34. The first kappa shape index (κ1) is 21.0. The Labute approximate surface area is 173 Å². The molecule has 1 aromatic carbocycles. The molecule has 0 spiro atoms. The molecule has 0 saturated heterocycles. The molecule has 2 aromatic rings. The molecule has 1 heterocycles. The number of aromatic nitrogens is 1. The van der Waals surface area contributed by atoms with Gasteiger partial charge in [-0.1, -0.05) is 11.6 Å². The first-order valence-corrected chi connectivity index (χ1v) is 10.8. The van der Waals surface area contributed by atoms with Crippen molar-refractivity contribution >= 4 is 40.4 Å². The first-order chi connectivity index (χ1) is 13.1. The van der Waals surface area contributed by atoms with Crippen molar-refractivity contribution in [2.45, 2.75) is 51.2 Å². The van der Waals surface area contributed by atoms with Gasteiger partial charge in [-0.2, -0.15) is 4.72 Å². The summed E-state index contributed by atoms with van der Waals surface area (Å²) in [5, 5.41) is 2.75. The van der Waals surface area contributed by atoms with Crippen molar-refractivity contribution in [2.24, 2.45) is 7.05 Å². The second-order valence-electron chi connectivity index (χ2n) is 7.99. The van der Waals surface area contributed by atoms with Crippen LogP contribution in [0, 0.1) is 5.82 Å². The van der Waals surface area contributed by atoms with Gasteiger partial charge in [0.15, 0.2) is 5.82 Å². The molecule has 0 radical (unpaired) electrons. The lowest BCUT2D eigenvalue weighted by molar-refractivity contribution is 0.101. The highest BCUT2D eigenvalue weighted by molar-refractivity contribution is 7.94. The Morgan fingerprint density at radius 1 is 1.25 bits per heavy atom. The van der Waals surface area contributed by atoms with Gasteiger partial charge in [-0.15, -0.1) is 0 Å². The molecule has 5 nitrogen and oxygen atoms in total. The lowest BCUT2D eigenvalue weighted by atomic mass is 9.93. The van der Waals surface area contributed by atoms with E-state index in [0.29, 0.717) is 11.4 Å². The third-order valence-electron chi connectivity index (χ3n) is 4.85. The molecule has 0 fully saturated rings. The fourth-order valence-electron chi connectivity index (χ4n) is 3.37. The fraction of sp³-hybridized carbons (Fsp3) is 0.450. The van der Waals surface area contributed by atoms with Crippen LogP contribution in [0.5, 0.6) is 0 Å². The highest BCUT2D eigenvalue weighted by Gasteiger charge is 2.33. The van der Waals surface area contributed by atoms with Crippen molar-refractivity contribution in [1.82, 2.24) is 4.57 Å². The van der Waals surface area contributed by atoms with Gasteiger partial charge in [-0.3, -0.25) is 4.79 Å². The van der Waals surface area contributed by atoms with E-state index in [2.05, 4.69) is 10.0 Å². The quantitative estimate of drug-likeness (QED) is 0.690. The number of amides is 1. The van der Waals surface area contributed by atoms with E-state index < -0.39 is 21.9 Å². The minimum Gasteiger partial charge on any atom is -0.593 e. The first-order valence-electron chi connectivity index (χ1n) is 9.25. The molecule has 152 valence electrons. The van der Waals surface area contributed by atoms with E-state index in [0.717, 1.165) is 42.6 Å².